The van der Waals surface area contributed by atoms with E-state index >= 15 is 0 Å². The maximum Gasteiger partial charge on any atom is 0.235 e. The third-order valence-corrected chi connectivity index (χ3v) is 4.05. The molecule has 5 nitrogen and oxygen atoms in total. The van der Waals surface area contributed by atoms with Crippen LogP contribution in [-0.2, 0) is 6.61 Å². The lowest BCUT2D eigenvalue weighted by Gasteiger charge is -2.13. The van der Waals surface area contributed by atoms with E-state index in [1.54, 1.807) is 12.1 Å². The molecule has 7 heteroatoms. The average molecular weight is 443 g/mol. The Morgan fingerprint density at radius 2 is 1.91 bits per heavy atom. The van der Waals surface area contributed by atoms with Crippen molar-refractivity contribution in [1.29, 1.82) is 0 Å². The lowest BCUT2D eigenvalue weighted by molar-refractivity contribution is -0.400. The van der Waals surface area contributed by atoms with Crippen LogP contribution in [0.3, 0.4) is 0 Å². The van der Waals surface area contributed by atoms with Crippen LogP contribution in [-0.4, -0.2) is 12.0 Å². The minimum Gasteiger partial charge on any atom is -0.493 e. The second-order valence-electron chi connectivity index (χ2n) is 4.55. The topological polar surface area (TPSA) is 61.6 Å². The van der Waals surface area contributed by atoms with Gasteiger partial charge in [-0.25, -0.2) is 0 Å². The Balaban J connectivity index is 2.20. The van der Waals surface area contributed by atoms with E-state index in [1.807, 2.05) is 24.3 Å². The number of hydrogen-bond acceptors (Lipinski definition) is 4. The third-order valence-electron chi connectivity index (χ3n) is 2.94. The van der Waals surface area contributed by atoms with Gasteiger partial charge in [0.05, 0.1) is 16.5 Å². The van der Waals surface area contributed by atoms with Gasteiger partial charge in [-0.1, -0.05) is 28.1 Å². The Morgan fingerprint density at radius 1 is 1.22 bits per heavy atom. The minimum atomic E-state index is -0.516. The molecule has 0 saturated heterocycles. The molecule has 23 heavy (non-hydrogen) atoms. The molecule has 0 amide bonds. The highest BCUT2D eigenvalue weighted by molar-refractivity contribution is 9.10. The summed E-state index contributed by atoms with van der Waals surface area (Å²) in [7, 11) is 1.52. The number of nitrogens with zero attached hydrogens (tertiary/aromatic N) is 1. The largest absolute Gasteiger partial charge is 0.493 e. The van der Waals surface area contributed by atoms with Gasteiger partial charge in [0.2, 0.25) is 6.20 Å². The summed E-state index contributed by atoms with van der Waals surface area (Å²) in [6.07, 6.45) is 2.27. The van der Waals surface area contributed by atoms with Crippen LogP contribution in [0.4, 0.5) is 0 Å². The number of nitro groups is 1. The zero-order valence-electron chi connectivity index (χ0n) is 12.2. The number of benzene rings is 2. The van der Waals surface area contributed by atoms with Gasteiger partial charge in [0.15, 0.2) is 11.5 Å². The molecular weight excluding hydrogens is 430 g/mol. The summed E-state index contributed by atoms with van der Waals surface area (Å²) in [4.78, 5) is 9.89. The molecule has 0 aliphatic heterocycles. The van der Waals surface area contributed by atoms with E-state index in [-0.39, 0.29) is 0 Å². The van der Waals surface area contributed by atoms with E-state index in [0.717, 1.165) is 16.2 Å². The predicted molar refractivity (Wildman–Crippen MR) is 95.2 cm³/mol. The quantitative estimate of drug-likeness (QED) is 0.464. The predicted octanol–water partition coefficient (Wildman–Crippen LogP) is 5.05. The Labute approximate surface area is 150 Å². The van der Waals surface area contributed by atoms with Crippen LogP contribution in [0.1, 0.15) is 11.1 Å². The van der Waals surface area contributed by atoms with Crippen molar-refractivity contribution in [3.63, 3.8) is 0 Å². The molecule has 0 N–H and O–H groups in total. The van der Waals surface area contributed by atoms with Crippen molar-refractivity contribution >= 4 is 37.9 Å². The second-order valence-corrected chi connectivity index (χ2v) is 6.32. The smallest absolute Gasteiger partial charge is 0.235 e. The van der Waals surface area contributed by atoms with Crippen LogP contribution in [0.15, 0.2) is 51.5 Å². The van der Waals surface area contributed by atoms with Gasteiger partial charge in [-0.05, 0) is 51.3 Å². The highest BCUT2D eigenvalue weighted by atomic mass is 79.9. The monoisotopic (exact) mass is 441 g/mol. The zero-order valence-corrected chi connectivity index (χ0v) is 15.3. The molecule has 0 fully saturated rings. The first kappa shape index (κ1) is 17.5. The summed E-state index contributed by atoms with van der Waals surface area (Å²) < 4.78 is 12.8. The second kappa shape index (κ2) is 8.12. The van der Waals surface area contributed by atoms with Gasteiger partial charge >= 0.3 is 0 Å². The Hall–Kier alpha value is -1.86. The molecule has 0 aliphatic carbocycles. The van der Waals surface area contributed by atoms with E-state index in [1.165, 1.54) is 13.2 Å². The Morgan fingerprint density at radius 3 is 2.52 bits per heavy atom. The van der Waals surface area contributed by atoms with E-state index in [4.69, 9.17) is 9.47 Å². The molecule has 2 aromatic rings. The number of rotatable bonds is 6. The van der Waals surface area contributed by atoms with Crippen molar-refractivity contribution in [2.75, 3.05) is 7.11 Å². The summed E-state index contributed by atoms with van der Waals surface area (Å²) in [5.41, 5.74) is 1.65. The van der Waals surface area contributed by atoms with Crippen molar-refractivity contribution < 1.29 is 14.4 Å². The third kappa shape index (κ3) is 5.07. The lowest BCUT2D eigenvalue weighted by atomic mass is 10.2. The van der Waals surface area contributed by atoms with Crippen LogP contribution >= 0.6 is 31.9 Å². The van der Waals surface area contributed by atoms with Crippen LogP contribution in [0.5, 0.6) is 11.5 Å². The van der Waals surface area contributed by atoms with Gasteiger partial charge in [-0.3, -0.25) is 10.1 Å². The summed E-state index contributed by atoms with van der Waals surface area (Å²) in [6.45, 7) is 0.381. The molecule has 2 aromatic carbocycles. The van der Waals surface area contributed by atoms with Crippen LogP contribution in [0, 0.1) is 10.1 Å². The van der Waals surface area contributed by atoms with Crippen molar-refractivity contribution in [1.82, 2.24) is 0 Å². The minimum absolute atomic E-state index is 0.381. The first-order chi connectivity index (χ1) is 11.0. The van der Waals surface area contributed by atoms with Crippen LogP contribution in [0.25, 0.3) is 6.08 Å². The van der Waals surface area contributed by atoms with E-state index in [9.17, 15) is 10.1 Å². The number of halogens is 2. The normalized spacial score (nSPS) is 10.7. The molecule has 0 atom stereocenters. The summed E-state index contributed by atoms with van der Waals surface area (Å²) in [5, 5.41) is 10.4. The van der Waals surface area contributed by atoms with Crippen LogP contribution in [0.2, 0.25) is 0 Å². The molecule has 0 aliphatic rings. The molecular formula is C16H13Br2NO4. The van der Waals surface area contributed by atoms with Gasteiger partial charge in [0, 0.05) is 10.5 Å². The van der Waals surface area contributed by atoms with Crippen molar-refractivity contribution in [3.05, 3.63) is 72.8 Å². The van der Waals surface area contributed by atoms with Crippen molar-refractivity contribution in [2.24, 2.45) is 0 Å². The molecule has 2 rings (SSSR count). The maximum atomic E-state index is 10.4. The van der Waals surface area contributed by atoms with Crippen molar-refractivity contribution in [3.8, 4) is 11.5 Å². The summed E-state index contributed by atoms with van der Waals surface area (Å²) in [6, 6.07) is 11.2. The fourth-order valence-corrected chi connectivity index (χ4v) is 2.70. The van der Waals surface area contributed by atoms with Crippen molar-refractivity contribution in [2.45, 2.75) is 6.61 Å². The highest BCUT2D eigenvalue weighted by Crippen LogP contribution is 2.37. The number of hydrogen-bond donors (Lipinski definition) is 0. The van der Waals surface area contributed by atoms with E-state index in [2.05, 4.69) is 31.9 Å². The van der Waals surface area contributed by atoms with E-state index < -0.39 is 4.92 Å². The number of ether oxygens (including phenoxy) is 2. The fraction of sp³-hybridized carbons (Fsp3) is 0.125. The molecule has 0 radical (unpaired) electrons. The van der Waals surface area contributed by atoms with Gasteiger partial charge in [0.1, 0.15) is 6.61 Å². The SMILES string of the molecule is COc1cc(/C=C/[N+](=O)[O-])cc(Br)c1OCc1ccc(Br)cc1. The van der Waals surface area contributed by atoms with Gasteiger partial charge in [-0.15, -0.1) is 0 Å². The van der Waals surface area contributed by atoms with Gasteiger partial charge in [0.25, 0.3) is 0 Å². The Bertz CT molecular complexity index is 730. The molecule has 0 aromatic heterocycles. The maximum absolute atomic E-state index is 10.4. The Kier molecular flexibility index (Phi) is 6.18. The number of methoxy groups -OCH3 is 1. The summed E-state index contributed by atoms with van der Waals surface area (Å²) in [5.74, 6) is 1.05. The lowest BCUT2D eigenvalue weighted by Crippen LogP contribution is -1.99. The van der Waals surface area contributed by atoms with Gasteiger partial charge in [-0.2, -0.15) is 0 Å². The van der Waals surface area contributed by atoms with Crippen LogP contribution < -0.4 is 9.47 Å². The summed E-state index contributed by atoms with van der Waals surface area (Å²) >= 11 is 6.80. The molecule has 0 spiro atoms. The molecule has 0 unspecified atom stereocenters. The average Bonchev–Trinajstić information content (AvgIpc) is 2.53. The first-order valence-corrected chi connectivity index (χ1v) is 8.14. The molecule has 120 valence electrons. The highest BCUT2D eigenvalue weighted by Gasteiger charge is 2.11. The molecule has 0 heterocycles. The van der Waals surface area contributed by atoms with Gasteiger partial charge < -0.3 is 9.47 Å². The first-order valence-electron chi connectivity index (χ1n) is 6.56. The standard InChI is InChI=1S/C16H13Br2NO4/c1-22-15-9-12(6-7-19(20)21)8-14(18)16(15)23-10-11-2-4-13(17)5-3-11/h2-9H,10H2,1H3/b7-6+. The molecule has 0 saturated carbocycles. The molecule has 0 bridgehead atoms. The zero-order chi connectivity index (χ0) is 16.8. The van der Waals surface area contributed by atoms with E-state index in [0.29, 0.717) is 28.1 Å². The fourth-order valence-electron chi connectivity index (χ4n) is 1.86.